The van der Waals surface area contributed by atoms with Gasteiger partial charge in [-0.05, 0) is 110 Å². The Kier molecular flexibility index (Phi) is 6.12. The molecule has 0 aliphatic heterocycles. The molecule has 3 aromatic rings. The van der Waals surface area contributed by atoms with E-state index in [0.717, 1.165) is 42.0 Å². The Bertz CT molecular complexity index is 1750. The van der Waals surface area contributed by atoms with E-state index in [2.05, 4.69) is 28.4 Å². The fraction of sp³-hybridized carbons (Fsp3) is 0.514. The third kappa shape index (κ3) is 4.00. The molecule has 45 heavy (non-hydrogen) atoms. The second-order valence-electron chi connectivity index (χ2n) is 14.6. The van der Waals surface area contributed by atoms with Crippen molar-refractivity contribution >= 4 is 12.0 Å². The highest BCUT2D eigenvalue weighted by molar-refractivity contribution is 5.87. The third-order valence-corrected chi connectivity index (χ3v) is 12.4. The molecular formula is C35H37F3N4O3. The van der Waals surface area contributed by atoms with Crippen LogP contribution in [-0.2, 0) is 16.8 Å². The number of rotatable bonds is 4. The Hall–Kier alpha value is -3.50. The van der Waals surface area contributed by atoms with Gasteiger partial charge in [-0.25, -0.2) is 17.9 Å². The van der Waals surface area contributed by atoms with E-state index in [4.69, 9.17) is 0 Å². The van der Waals surface area contributed by atoms with E-state index in [1.165, 1.54) is 17.7 Å². The van der Waals surface area contributed by atoms with E-state index in [9.17, 15) is 28.2 Å². The van der Waals surface area contributed by atoms with E-state index in [1.807, 2.05) is 17.8 Å². The zero-order valence-corrected chi connectivity index (χ0v) is 25.4. The monoisotopic (exact) mass is 618 g/mol. The van der Waals surface area contributed by atoms with Gasteiger partial charge in [0.05, 0.1) is 35.4 Å². The molecule has 10 heteroatoms. The number of carbonyl (C=O) groups excluding carboxylic acids is 1. The fourth-order valence-electron chi connectivity index (χ4n) is 9.98. The van der Waals surface area contributed by atoms with Gasteiger partial charge in [0, 0.05) is 11.5 Å². The number of hydrogen-bond acceptors (Lipinski definition) is 5. The molecule has 236 valence electrons. The lowest BCUT2D eigenvalue weighted by Gasteiger charge is -2.60. The zero-order valence-electron chi connectivity index (χ0n) is 25.4. The van der Waals surface area contributed by atoms with Crippen LogP contribution in [0.5, 0.6) is 0 Å². The first-order chi connectivity index (χ1) is 21.4. The highest BCUT2D eigenvalue weighted by Crippen LogP contribution is 2.67. The summed E-state index contributed by atoms with van der Waals surface area (Å²) < 4.78 is 43.7. The van der Waals surface area contributed by atoms with Crippen LogP contribution in [0, 0.1) is 46.0 Å². The lowest BCUT2D eigenvalue weighted by Crippen LogP contribution is -2.64. The predicted octanol–water partition coefficient (Wildman–Crippen LogP) is 5.37. The summed E-state index contributed by atoms with van der Waals surface area (Å²) in [6.45, 7) is 4.16. The van der Waals surface area contributed by atoms with Gasteiger partial charge >= 0.3 is 0 Å². The Morgan fingerprint density at radius 3 is 2.51 bits per heavy atom. The Morgan fingerprint density at radius 2 is 1.80 bits per heavy atom. The van der Waals surface area contributed by atoms with Crippen LogP contribution in [-0.4, -0.2) is 42.6 Å². The van der Waals surface area contributed by atoms with E-state index < -0.39 is 40.2 Å². The van der Waals surface area contributed by atoms with Crippen LogP contribution in [0.3, 0.4) is 0 Å². The standard InChI is InChI=1S/C35H37F3N4O3/c1-32-15-19-17-40-42(23-6-4-21(36)5-7-23)27(19)13-20(32)3-8-24-25-9-10-35(45,33(25,2)16-28(43)29(24)32)31(44)41-34(11-12-34)30-26(38)14-22(37)18-39-30/h4-7,13-14,17-18,24-25,28-29,43,45H,3,8-12,15-16H2,1-2H3,(H,41,44)/t24?,25?,28?,29?,32-,33-,35-/m0/s1. The molecule has 0 saturated heterocycles. The molecule has 7 nitrogen and oxygen atoms in total. The Labute approximate surface area is 259 Å². The van der Waals surface area contributed by atoms with Gasteiger partial charge in [-0.2, -0.15) is 5.10 Å². The number of nitrogens with zero attached hydrogens (tertiary/aromatic N) is 3. The predicted molar refractivity (Wildman–Crippen MR) is 159 cm³/mol. The van der Waals surface area contributed by atoms with Crippen LogP contribution in [0.1, 0.15) is 75.7 Å². The van der Waals surface area contributed by atoms with E-state index in [-0.39, 0.29) is 47.5 Å². The number of hydrogen-bond donors (Lipinski definition) is 3. The summed E-state index contributed by atoms with van der Waals surface area (Å²) in [4.78, 5) is 17.9. The Morgan fingerprint density at radius 1 is 1.04 bits per heavy atom. The maximum Gasteiger partial charge on any atom is 0.253 e. The summed E-state index contributed by atoms with van der Waals surface area (Å²) >= 11 is 0. The van der Waals surface area contributed by atoms with Crippen molar-refractivity contribution in [3.8, 4) is 5.69 Å². The molecule has 0 spiro atoms. The molecular weight excluding hydrogens is 581 g/mol. The molecule has 1 aromatic carbocycles. The largest absolute Gasteiger partial charge is 0.393 e. The van der Waals surface area contributed by atoms with Crippen LogP contribution < -0.4 is 5.32 Å². The summed E-state index contributed by atoms with van der Waals surface area (Å²) in [5.74, 6) is -2.42. The molecule has 4 unspecified atom stereocenters. The number of pyridine rings is 1. The van der Waals surface area contributed by atoms with Gasteiger partial charge in [0.2, 0.25) is 0 Å². The summed E-state index contributed by atoms with van der Waals surface area (Å²) in [5, 5.41) is 31.7. The molecule has 8 rings (SSSR count). The van der Waals surface area contributed by atoms with Crippen molar-refractivity contribution in [3.63, 3.8) is 0 Å². The SMILES string of the molecule is C[C@]12Cc3cnn(-c4ccc(F)cc4)c3C=C1CCC1C2C(O)C[C@@]2(C)C1CC[C@]2(O)C(=O)NC1(c2ncc(F)cc2F)CC1. The van der Waals surface area contributed by atoms with Crippen LogP contribution >= 0.6 is 0 Å². The summed E-state index contributed by atoms with van der Waals surface area (Å²) in [6.07, 6.45) is 8.69. The number of aromatic nitrogens is 3. The average Bonchev–Trinajstić information content (AvgIpc) is 3.56. The average molecular weight is 619 g/mol. The number of benzene rings is 1. The van der Waals surface area contributed by atoms with Crippen LogP contribution in [0.4, 0.5) is 13.2 Å². The quantitative estimate of drug-likeness (QED) is 0.365. The number of halogens is 3. The molecule has 4 saturated carbocycles. The summed E-state index contributed by atoms with van der Waals surface area (Å²) in [6, 6.07) is 7.05. The van der Waals surface area contributed by atoms with Gasteiger partial charge in [-0.3, -0.25) is 9.78 Å². The molecule has 4 fully saturated rings. The number of allylic oxidation sites excluding steroid dienone is 1. The molecule has 0 radical (unpaired) electrons. The first kappa shape index (κ1) is 28.9. The minimum absolute atomic E-state index is 0.0109. The van der Waals surface area contributed by atoms with Crippen molar-refractivity contribution in [3.05, 3.63) is 82.7 Å². The number of aliphatic hydroxyl groups is 2. The molecule has 5 aliphatic carbocycles. The molecule has 7 atom stereocenters. The highest BCUT2D eigenvalue weighted by Gasteiger charge is 2.69. The van der Waals surface area contributed by atoms with Gasteiger partial charge in [0.15, 0.2) is 0 Å². The molecule has 2 aromatic heterocycles. The van der Waals surface area contributed by atoms with Gasteiger partial charge in [-0.15, -0.1) is 0 Å². The van der Waals surface area contributed by atoms with Crippen LogP contribution in [0.25, 0.3) is 11.8 Å². The number of fused-ring (bicyclic) bond motifs is 6. The fourth-order valence-corrected chi connectivity index (χ4v) is 9.98. The lowest BCUT2D eigenvalue weighted by molar-refractivity contribution is -0.181. The number of nitrogens with one attached hydrogen (secondary N) is 1. The summed E-state index contributed by atoms with van der Waals surface area (Å²) in [5.41, 5.74) is 0.0821. The van der Waals surface area contributed by atoms with E-state index >= 15 is 0 Å². The van der Waals surface area contributed by atoms with Crippen molar-refractivity contribution in [2.75, 3.05) is 0 Å². The first-order valence-electron chi connectivity index (χ1n) is 16.0. The summed E-state index contributed by atoms with van der Waals surface area (Å²) in [7, 11) is 0. The van der Waals surface area contributed by atoms with E-state index in [1.54, 1.807) is 12.1 Å². The van der Waals surface area contributed by atoms with Crippen LogP contribution in [0.15, 0.2) is 48.3 Å². The smallest absolute Gasteiger partial charge is 0.253 e. The Balaban J connectivity index is 1.07. The van der Waals surface area contributed by atoms with Crippen LogP contribution in [0.2, 0.25) is 0 Å². The van der Waals surface area contributed by atoms with Gasteiger partial charge < -0.3 is 15.5 Å². The minimum atomic E-state index is -1.75. The minimum Gasteiger partial charge on any atom is -0.393 e. The molecule has 5 aliphatic rings. The normalized spacial score (nSPS) is 35.8. The first-order valence-corrected chi connectivity index (χ1v) is 16.0. The maximum atomic E-state index is 14.7. The van der Waals surface area contributed by atoms with Gasteiger partial charge in [0.25, 0.3) is 5.91 Å². The van der Waals surface area contributed by atoms with Crippen molar-refractivity contribution < 1.29 is 28.2 Å². The molecule has 1 amide bonds. The van der Waals surface area contributed by atoms with Gasteiger partial charge in [-0.1, -0.05) is 19.4 Å². The second kappa shape index (κ2) is 9.51. The second-order valence-corrected chi connectivity index (χ2v) is 14.6. The zero-order chi connectivity index (χ0) is 31.5. The number of aliphatic hydroxyl groups excluding tert-OH is 1. The molecule has 0 bridgehead atoms. The van der Waals surface area contributed by atoms with Crippen molar-refractivity contribution in [1.82, 2.24) is 20.1 Å². The lowest BCUT2D eigenvalue weighted by atomic mass is 9.45. The molecule has 3 N–H and O–H groups in total. The van der Waals surface area contributed by atoms with Crippen molar-refractivity contribution in [2.24, 2.45) is 28.6 Å². The van der Waals surface area contributed by atoms with Crippen molar-refractivity contribution in [2.45, 2.75) is 82.5 Å². The topological polar surface area (TPSA) is 100 Å². The number of carbonyl (C=O) groups is 1. The van der Waals surface area contributed by atoms with E-state index in [0.29, 0.717) is 25.7 Å². The third-order valence-electron chi connectivity index (χ3n) is 12.4. The highest BCUT2D eigenvalue weighted by atomic mass is 19.1. The van der Waals surface area contributed by atoms with Gasteiger partial charge in [0.1, 0.15) is 28.7 Å². The maximum absolute atomic E-state index is 14.7. The van der Waals surface area contributed by atoms with Crippen molar-refractivity contribution in [1.29, 1.82) is 0 Å². The molecule has 2 heterocycles. The number of amides is 1.